The highest BCUT2D eigenvalue weighted by Gasteiger charge is 2.23. The van der Waals surface area contributed by atoms with Crippen LogP contribution in [-0.2, 0) is 0 Å². The molecule has 1 saturated carbocycles. The molecular weight excluding hydrogens is 148 g/mol. The van der Waals surface area contributed by atoms with Crippen LogP contribution in [0.1, 0.15) is 39.0 Å². The summed E-state index contributed by atoms with van der Waals surface area (Å²) >= 11 is 0. The molecule has 2 nitrogen and oxygen atoms in total. The van der Waals surface area contributed by atoms with Gasteiger partial charge in [-0.05, 0) is 18.8 Å². The lowest BCUT2D eigenvalue weighted by Crippen LogP contribution is -2.45. The Labute approximate surface area is 76.3 Å². The van der Waals surface area contributed by atoms with Crippen LogP contribution in [0.15, 0.2) is 0 Å². The van der Waals surface area contributed by atoms with E-state index in [1.807, 2.05) is 0 Å². The molecule has 0 spiro atoms. The van der Waals surface area contributed by atoms with E-state index in [4.69, 9.17) is 0 Å². The van der Waals surface area contributed by atoms with Gasteiger partial charge in [0.05, 0.1) is 0 Å². The molecule has 12 heavy (non-hydrogen) atoms. The van der Waals surface area contributed by atoms with Gasteiger partial charge in [0, 0.05) is 20.1 Å². The van der Waals surface area contributed by atoms with Gasteiger partial charge < -0.3 is 0 Å². The second-order valence-electron chi connectivity index (χ2n) is 4.08. The number of hydrogen-bond donors (Lipinski definition) is 1. The minimum Gasteiger partial charge on any atom is -0.252 e. The van der Waals surface area contributed by atoms with Crippen molar-refractivity contribution in [2.24, 2.45) is 5.92 Å². The molecule has 1 aliphatic carbocycles. The first-order chi connectivity index (χ1) is 5.74. The second-order valence-corrected chi connectivity index (χ2v) is 4.08. The Bertz CT molecular complexity index is 123. The van der Waals surface area contributed by atoms with E-state index in [0.29, 0.717) is 0 Å². The molecule has 1 N–H and O–H groups in total. The van der Waals surface area contributed by atoms with Crippen molar-refractivity contribution < 1.29 is 0 Å². The van der Waals surface area contributed by atoms with E-state index in [2.05, 4.69) is 31.5 Å². The summed E-state index contributed by atoms with van der Waals surface area (Å²) in [7, 11) is 4.17. The number of rotatable bonds is 3. The summed E-state index contributed by atoms with van der Waals surface area (Å²) in [5.74, 6) is 0.904. The fourth-order valence-corrected chi connectivity index (χ4v) is 2.20. The quantitative estimate of drug-likeness (QED) is 0.652. The highest BCUT2D eigenvalue weighted by molar-refractivity contribution is 4.78. The summed E-state index contributed by atoms with van der Waals surface area (Å²) in [6.45, 7) is 2.31. The zero-order chi connectivity index (χ0) is 8.97. The minimum atomic E-state index is 0.735. The van der Waals surface area contributed by atoms with Crippen molar-refractivity contribution in [2.75, 3.05) is 14.1 Å². The van der Waals surface area contributed by atoms with Crippen LogP contribution in [0.5, 0.6) is 0 Å². The van der Waals surface area contributed by atoms with Gasteiger partial charge in [-0.15, -0.1) is 0 Å². The first-order valence-corrected chi connectivity index (χ1v) is 5.17. The highest BCUT2D eigenvalue weighted by atomic mass is 15.5. The van der Waals surface area contributed by atoms with Crippen molar-refractivity contribution in [2.45, 2.75) is 45.1 Å². The standard InChI is InChI=1S/C10H22N2/c1-4-9-7-5-6-8-10(9)11-12(2)3/h9-11H,4-8H2,1-3H3. The smallest absolute Gasteiger partial charge is 0.0243 e. The molecule has 2 heteroatoms. The van der Waals surface area contributed by atoms with Crippen molar-refractivity contribution in [1.29, 1.82) is 0 Å². The van der Waals surface area contributed by atoms with Crippen LogP contribution in [0.4, 0.5) is 0 Å². The van der Waals surface area contributed by atoms with Crippen molar-refractivity contribution in [3.63, 3.8) is 0 Å². The van der Waals surface area contributed by atoms with Gasteiger partial charge >= 0.3 is 0 Å². The molecule has 2 atom stereocenters. The Morgan fingerprint density at radius 1 is 1.25 bits per heavy atom. The van der Waals surface area contributed by atoms with E-state index in [1.165, 1.54) is 32.1 Å². The fourth-order valence-electron chi connectivity index (χ4n) is 2.20. The largest absolute Gasteiger partial charge is 0.252 e. The Kier molecular flexibility index (Phi) is 4.02. The van der Waals surface area contributed by atoms with Crippen LogP contribution in [0.3, 0.4) is 0 Å². The molecule has 0 aliphatic heterocycles. The molecule has 0 amide bonds. The van der Waals surface area contributed by atoms with E-state index in [9.17, 15) is 0 Å². The monoisotopic (exact) mass is 170 g/mol. The predicted octanol–water partition coefficient (Wildman–Crippen LogP) is 2.02. The van der Waals surface area contributed by atoms with Crippen LogP contribution >= 0.6 is 0 Å². The van der Waals surface area contributed by atoms with Crippen molar-refractivity contribution in [3.05, 3.63) is 0 Å². The van der Waals surface area contributed by atoms with Gasteiger partial charge in [-0.2, -0.15) is 0 Å². The first-order valence-electron chi connectivity index (χ1n) is 5.17. The fraction of sp³-hybridized carbons (Fsp3) is 1.00. The first kappa shape index (κ1) is 10.0. The average molecular weight is 170 g/mol. The Hall–Kier alpha value is -0.0800. The molecule has 0 bridgehead atoms. The van der Waals surface area contributed by atoms with Gasteiger partial charge in [-0.25, -0.2) is 0 Å². The minimum absolute atomic E-state index is 0.735. The summed E-state index contributed by atoms with van der Waals surface area (Å²) in [6, 6.07) is 0.735. The van der Waals surface area contributed by atoms with E-state index >= 15 is 0 Å². The van der Waals surface area contributed by atoms with E-state index in [1.54, 1.807) is 0 Å². The van der Waals surface area contributed by atoms with Gasteiger partial charge in [0.1, 0.15) is 0 Å². The normalized spacial score (nSPS) is 31.0. The molecular formula is C10H22N2. The molecule has 72 valence electrons. The zero-order valence-corrected chi connectivity index (χ0v) is 8.64. The van der Waals surface area contributed by atoms with Crippen molar-refractivity contribution in [3.8, 4) is 0 Å². The van der Waals surface area contributed by atoms with Gasteiger partial charge in [-0.1, -0.05) is 26.2 Å². The predicted molar refractivity (Wildman–Crippen MR) is 52.9 cm³/mol. The molecule has 2 unspecified atom stereocenters. The maximum atomic E-state index is 3.52. The van der Waals surface area contributed by atoms with E-state index in [-0.39, 0.29) is 0 Å². The third-order valence-corrected chi connectivity index (χ3v) is 2.86. The molecule has 0 heterocycles. The summed E-state index contributed by atoms with van der Waals surface area (Å²) in [5, 5.41) is 2.10. The number of hydrazine groups is 1. The van der Waals surface area contributed by atoms with Crippen molar-refractivity contribution in [1.82, 2.24) is 10.4 Å². The van der Waals surface area contributed by atoms with Gasteiger partial charge in [-0.3, -0.25) is 10.4 Å². The van der Waals surface area contributed by atoms with Gasteiger partial charge in [0.15, 0.2) is 0 Å². The maximum Gasteiger partial charge on any atom is 0.0243 e. The Morgan fingerprint density at radius 2 is 1.92 bits per heavy atom. The maximum absolute atomic E-state index is 3.52. The molecule has 0 aromatic rings. The third-order valence-electron chi connectivity index (χ3n) is 2.86. The molecule has 0 radical (unpaired) electrons. The average Bonchev–Trinajstić information content (AvgIpc) is 2.04. The van der Waals surface area contributed by atoms with Crippen LogP contribution < -0.4 is 5.43 Å². The summed E-state index contributed by atoms with van der Waals surface area (Å²) in [4.78, 5) is 0. The van der Waals surface area contributed by atoms with E-state index in [0.717, 1.165) is 12.0 Å². The van der Waals surface area contributed by atoms with Crippen LogP contribution in [0.2, 0.25) is 0 Å². The molecule has 0 aromatic carbocycles. The molecule has 1 fully saturated rings. The lowest BCUT2D eigenvalue weighted by atomic mass is 9.83. The molecule has 1 rings (SSSR count). The molecule has 0 saturated heterocycles. The van der Waals surface area contributed by atoms with Crippen LogP contribution in [0, 0.1) is 5.92 Å². The second kappa shape index (κ2) is 4.83. The number of nitrogens with zero attached hydrogens (tertiary/aromatic N) is 1. The Balaban J connectivity index is 2.36. The van der Waals surface area contributed by atoms with Gasteiger partial charge in [0.25, 0.3) is 0 Å². The summed E-state index contributed by atoms with van der Waals surface area (Å²) in [5.41, 5.74) is 3.52. The lowest BCUT2D eigenvalue weighted by Gasteiger charge is -2.33. The third kappa shape index (κ3) is 2.76. The summed E-state index contributed by atoms with van der Waals surface area (Å²) in [6.07, 6.45) is 6.94. The van der Waals surface area contributed by atoms with Crippen LogP contribution in [-0.4, -0.2) is 25.1 Å². The number of hydrogen-bond acceptors (Lipinski definition) is 2. The lowest BCUT2D eigenvalue weighted by molar-refractivity contribution is 0.155. The number of nitrogens with one attached hydrogen (secondary N) is 1. The van der Waals surface area contributed by atoms with Gasteiger partial charge in [0.2, 0.25) is 0 Å². The SMILES string of the molecule is CCC1CCCCC1NN(C)C. The Morgan fingerprint density at radius 3 is 2.50 bits per heavy atom. The highest BCUT2D eigenvalue weighted by Crippen LogP contribution is 2.26. The molecule has 1 aliphatic rings. The topological polar surface area (TPSA) is 15.3 Å². The van der Waals surface area contributed by atoms with E-state index < -0.39 is 0 Å². The zero-order valence-electron chi connectivity index (χ0n) is 8.64. The van der Waals surface area contributed by atoms with Crippen LogP contribution in [0.25, 0.3) is 0 Å². The molecule has 0 aromatic heterocycles. The van der Waals surface area contributed by atoms with Crippen molar-refractivity contribution >= 4 is 0 Å². The summed E-state index contributed by atoms with van der Waals surface area (Å²) < 4.78 is 0.